The van der Waals surface area contributed by atoms with E-state index in [0.29, 0.717) is 0 Å². The molecule has 3 heteroatoms. The zero-order valence-corrected chi connectivity index (χ0v) is 30.6. The molecule has 2 nitrogen and oxygen atoms in total. The van der Waals surface area contributed by atoms with Crippen LogP contribution in [0.4, 0.5) is 17.1 Å². The van der Waals surface area contributed by atoms with E-state index >= 15 is 0 Å². The van der Waals surface area contributed by atoms with Gasteiger partial charge < -0.3 is 4.90 Å². The Labute approximate surface area is 299 Å². The second-order valence-corrected chi connectivity index (χ2v) is 17.3. The van der Waals surface area contributed by atoms with Gasteiger partial charge in [-0.3, -0.25) is 4.79 Å². The van der Waals surface area contributed by atoms with Crippen LogP contribution in [0, 0.1) is 0 Å². The highest BCUT2D eigenvalue weighted by Crippen LogP contribution is 2.54. The van der Waals surface area contributed by atoms with Gasteiger partial charge in [0.25, 0.3) is 0 Å². The number of nitrogens with zero attached hydrogens (tertiary/aromatic N) is 1. The molecule has 2 heterocycles. The van der Waals surface area contributed by atoms with Crippen molar-refractivity contribution in [1.82, 2.24) is 0 Å². The van der Waals surface area contributed by atoms with Crippen LogP contribution in [0.15, 0.2) is 121 Å². The van der Waals surface area contributed by atoms with Crippen LogP contribution in [0.25, 0.3) is 31.3 Å². The number of carbonyl (C=O) groups is 1. The van der Waals surface area contributed by atoms with Crippen molar-refractivity contribution in [2.24, 2.45) is 0 Å². The summed E-state index contributed by atoms with van der Waals surface area (Å²) in [6, 6.07) is 44.2. The third-order valence-electron chi connectivity index (χ3n) is 11.4. The van der Waals surface area contributed by atoms with Gasteiger partial charge >= 0.3 is 0 Å². The Hall–Kier alpha value is -4.99. The third-order valence-corrected chi connectivity index (χ3v) is 12.6. The van der Waals surface area contributed by atoms with Gasteiger partial charge in [-0.2, -0.15) is 0 Å². The molecule has 1 aliphatic carbocycles. The molecular formula is C47H41NOS. The number of thiophene rings is 1. The maximum absolute atomic E-state index is 14.0. The highest BCUT2D eigenvalue weighted by molar-refractivity contribution is 7.25. The van der Waals surface area contributed by atoms with E-state index in [2.05, 4.69) is 169 Å². The van der Waals surface area contributed by atoms with Gasteiger partial charge in [-0.1, -0.05) is 127 Å². The second kappa shape index (κ2) is 10.5. The molecule has 2 aliphatic rings. The first-order valence-electron chi connectivity index (χ1n) is 17.6. The summed E-state index contributed by atoms with van der Waals surface area (Å²) in [7, 11) is 0. The van der Waals surface area contributed by atoms with Crippen molar-refractivity contribution < 1.29 is 4.79 Å². The molecule has 50 heavy (non-hydrogen) atoms. The highest BCUT2D eigenvalue weighted by atomic mass is 32.1. The van der Waals surface area contributed by atoms with E-state index in [1.54, 1.807) is 0 Å². The average molecular weight is 668 g/mol. The number of hydrogen-bond acceptors (Lipinski definition) is 3. The minimum absolute atomic E-state index is 0.0177. The van der Waals surface area contributed by atoms with E-state index in [4.69, 9.17) is 0 Å². The fourth-order valence-electron chi connectivity index (χ4n) is 8.47. The Balaban J connectivity index is 1.13. The quantitative estimate of drug-likeness (QED) is 0.183. The molecule has 0 fully saturated rings. The molecule has 0 bridgehead atoms. The van der Waals surface area contributed by atoms with E-state index in [-0.39, 0.29) is 22.0 Å². The molecule has 0 spiro atoms. The van der Waals surface area contributed by atoms with Crippen LogP contribution in [0.5, 0.6) is 0 Å². The van der Waals surface area contributed by atoms with Gasteiger partial charge in [0.1, 0.15) is 0 Å². The molecule has 246 valence electrons. The lowest BCUT2D eigenvalue weighted by atomic mass is 9.67. The van der Waals surface area contributed by atoms with Crippen molar-refractivity contribution in [1.29, 1.82) is 0 Å². The molecule has 0 radical (unpaired) electrons. The predicted molar refractivity (Wildman–Crippen MR) is 212 cm³/mol. The van der Waals surface area contributed by atoms with E-state index in [0.717, 1.165) is 39.1 Å². The van der Waals surface area contributed by atoms with Crippen molar-refractivity contribution in [3.8, 4) is 11.1 Å². The van der Waals surface area contributed by atoms with Gasteiger partial charge in [-0.25, -0.2) is 0 Å². The molecule has 6 aromatic carbocycles. The SMILES string of the molecule is CC(C)(C)c1ccc2c(c1)C(C)(C)c1ccc(-c3ccc(N4c5ccccc5C(C)(C)c5cc6c(cc54)sc4ccccc46)cc3)cc1C2=O. The molecule has 9 rings (SSSR count). The summed E-state index contributed by atoms with van der Waals surface area (Å²) in [6.45, 7) is 15.9. The van der Waals surface area contributed by atoms with Crippen LogP contribution < -0.4 is 4.90 Å². The van der Waals surface area contributed by atoms with Crippen LogP contribution in [0.2, 0.25) is 0 Å². The maximum atomic E-state index is 14.0. The lowest BCUT2D eigenvalue weighted by Gasteiger charge is -2.42. The molecule has 0 N–H and O–H groups in total. The standard InChI is InChI=1S/C47H41NOS/c1-45(2,3)30-19-22-33-38(25-30)46(4,5)36-23-18-29(24-35(36)44(33)49)28-16-20-31(21-17-28)48-40-14-10-9-13-37(40)47(6,7)39-26-34-32-12-8-11-15-42(32)50-43(34)27-41(39)48/h8-27H,1-7H3. The van der Waals surface area contributed by atoms with E-state index in [1.807, 2.05) is 17.4 Å². The molecule has 1 aliphatic heterocycles. The van der Waals surface area contributed by atoms with Crippen molar-refractivity contribution >= 4 is 54.4 Å². The number of benzene rings is 6. The Morgan fingerprint density at radius 2 is 1.24 bits per heavy atom. The lowest BCUT2D eigenvalue weighted by molar-refractivity contribution is 0.103. The number of carbonyl (C=O) groups excluding carboxylic acids is 1. The van der Waals surface area contributed by atoms with E-state index in [9.17, 15) is 4.79 Å². The van der Waals surface area contributed by atoms with Gasteiger partial charge in [0.2, 0.25) is 0 Å². The third kappa shape index (κ3) is 4.42. The van der Waals surface area contributed by atoms with Gasteiger partial charge in [0.15, 0.2) is 5.78 Å². The molecule has 0 amide bonds. The van der Waals surface area contributed by atoms with Gasteiger partial charge in [0.05, 0.1) is 11.4 Å². The topological polar surface area (TPSA) is 20.3 Å². The zero-order valence-electron chi connectivity index (χ0n) is 29.8. The van der Waals surface area contributed by atoms with Crippen molar-refractivity contribution in [2.45, 2.75) is 64.7 Å². The van der Waals surface area contributed by atoms with Crippen LogP contribution in [-0.4, -0.2) is 5.78 Å². The largest absolute Gasteiger partial charge is 0.310 e. The minimum atomic E-state index is -0.273. The summed E-state index contributed by atoms with van der Waals surface area (Å²) >= 11 is 1.87. The van der Waals surface area contributed by atoms with Crippen LogP contribution >= 0.6 is 11.3 Å². The number of ketones is 1. The molecule has 0 atom stereocenters. The smallest absolute Gasteiger partial charge is 0.193 e. The fourth-order valence-corrected chi connectivity index (χ4v) is 9.59. The monoisotopic (exact) mass is 667 g/mol. The summed E-state index contributed by atoms with van der Waals surface area (Å²) in [5.41, 5.74) is 13.1. The number of fused-ring (bicyclic) bond motifs is 7. The molecular weight excluding hydrogens is 627 g/mol. The summed E-state index contributed by atoms with van der Waals surface area (Å²) in [5, 5.41) is 2.65. The van der Waals surface area contributed by atoms with E-state index < -0.39 is 0 Å². The Morgan fingerprint density at radius 1 is 0.540 bits per heavy atom. The van der Waals surface area contributed by atoms with Crippen molar-refractivity contribution in [3.05, 3.63) is 160 Å². The first-order valence-corrected chi connectivity index (χ1v) is 18.5. The number of anilines is 3. The highest BCUT2D eigenvalue weighted by Gasteiger charge is 2.39. The fraction of sp³-hybridized carbons (Fsp3) is 0.213. The average Bonchev–Trinajstić information content (AvgIpc) is 3.47. The summed E-state index contributed by atoms with van der Waals surface area (Å²) in [4.78, 5) is 16.5. The zero-order chi connectivity index (χ0) is 34.7. The number of hydrogen-bond donors (Lipinski definition) is 0. The van der Waals surface area contributed by atoms with Gasteiger partial charge in [0, 0.05) is 47.8 Å². The summed E-state index contributed by atoms with van der Waals surface area (Å²) in [6.07, 6.45) is 0. The van der Waals surface area contributed by atoms with Crippen molar-refractivity contribution in [3.63, 3.8) is 0 Å². The number of para-hydroxylation sites is 1. The minimum Gasteiger partial charge on any atom is -0.310 e. The first kappa shape index (κ1) is 31.0. The Morgan fingerprint density at radius 3 is 2.02 bits per heavy atom. The van der Waals surface area contributed by atoms with Gasteiger partial charge in [-0.15, -0.1) is 11.3 Å². The first-order chi connectivity index (χ1) is 23.8. The lowest BCUT2D eigenvalue weighted by Crippen LogP contribution is -2.31. The molecule has 0 saturated heterocycles. The Kier molecular flexibility index (Phi) is 6.52. The summed E-state index contributed by atoms with van der Waals surface area (Å²) in [5.74, 6) is 0.116. The normalized spacial score (nSPS) is 15.8. The number of rotatable bonds is 2. The van der Waals surface area contributed by atoms with Crippen LogP contribution in [-0.2, 0) is 16.2 Å². The molecule has 0 saturated carbocycles. The maximum Gasteiger partial charge on any atom is 0.193 e. The van der Waals surface area contributed by atoms with E-state index in [1.165, 1.54) is 48.2 Å². The summed E-state index contributed by atoms with van der Waals surface area (Å²) < 4.78 is 2.63. The molecule has 1 aromatic heterocycles. The predicted octanol–water partition coefficient (Wildman–Crippen LogP) is 13.0. The Bertz CT molecular complexity index is 2540. The van der Waals surface area contributed by atoms with Crippen LogP contribution in [0.3, 0.4) is 0 Å². The van der Waals surface area contributed by atoms with Crippen molar-refractivity contribution in [2.75, 3.05) is 4.90 Å². The van der Waals surface area contributed by atoms with Crippen LogP contribution in [0.1, 0.15) is 92.2 Å². The molecule has 0 unspecified atom stereocenters. The van der Waals surface area contributed by atoms with Gasteiger partial charge in [-0.05, 0) is 86.8 Å². The molecule has 7 aromatic rings. The second-order valence-electron chi connectivity index (χ2n) is 16.2.